The summed E-state index contributed by atoms with van der Waals surface area (Å²) in [6, 6.07) is 10.3. The minimum atomic E-state index is -0.294. The van der Waals surface area contributed by atoms with Gasteiger partial charge >= 0.3 is 0 Å². The van der Waals surface area contributed by atoms with Gasteiger partial charge in [0.05, 0.1) is 18.3 Å². The monoisotopic (exact) mass is 360 g/mol. The van der Waals surface area contributed by atoms with E-state index in [4.69, 9.17) is 5.73 Å². The van der Waals surface area contributed by atoms with Crippen LogP contribution >= 0.6 is 0 Å². The van der Waals surface area contributed by atoms with E-state index in [0.717, 1.165) is 5.39 Å². The van der Waals surface area contributed by atoms with Gasteiger partial charge in [-0.25, -0.2) is 29.0 Å². The number of fused-ring (bicyclic) bond motifs is 2. The number of benzene rings is 1. The van der Waals surface area contributed by atoms with Crippen LogP contribution in [0.2, 0.25) is 0 Å². The largest absolute Gasteiger partial charge is 0.382 e. The molecule has 5 rings (SSSR count). The molecular formula is C18H13FN8. The second-order valence-electron chi connectivity index (χ2n) is 6.00. The molecule has 4 heterocycles. The van der Waals surface area contributed by atoms with Gasteiger partial charge in [0.15, 0.2) is 22.9 Å². The Morgan fingerprint density at radius 1 is 1.07 bits per heavy atom. The second-order valence-corrected chi connectivity index (χ2v) is 6.00. The Morgan fingerprint density at radius 2 is 1.96 bits per heavy atom. The van der Waals surface area contributed by atoms with Crippen molar-refractivity contribution in [1.82, 2.24) is 34.7 Å². The fourth-order valence-electron chi connectivity index (χ4n) is 3.04. The van der Waals surface area contributed by atoms with Crippen LogP contribution in [0, 0.1) is 5.82 Å². The summed E-state index contributed by atoms with van der Waals surface area (Å²) in [6.07, 6.45) is 3.18. The van der Waals surface area contributed by atoms with Gasteiger partial charge in [0.1, 0.15) is 17.0 Å². The first-order chi connectivity index (χ1) is 13.2. The van der Waals surface area contributed by atoms with Gasteiger partial charge in [0.2, 0.25) is 0 Å². The van der Waals surface area contributed by atoms with Crippen LogP contribution in [0.15, 0.2) is 48.9 Å². The smallest absolute Gasteiger partial charge is 0.184 e. The quantitative estimate of drug-likeness (QED) is 0.511. The van der Waals surface area contributed by atoms with E-state index in [9.17, 15) is 4.39 Å². The van der Waals surface area contributed by atoms with Crippen molar-refractivity contribution in [3.8, 4) is 11.5 Å². The van der Waals surface area contributed by atoms with Crippen molar-refractivity contribution in [2.24, 2.45) is 0 Å². The van der Waals surface area contributed by atoms with Crippen molar-refractivity contribution >= 4 is 28.0 Å². The predicted molar refractivity (Wildman–Crippen MR) is 98.1 cm³/mol. The number of halogens is 1. The minimum Gasteiger partial charge on any atom is -0.382 e. The Balaban J connectivity index is 1.70. The fraction of sp³-hybridized carbons (Fsp3) is 0.0556. The van der Waals surface area contributed by atoms with Crippen LogP contribution in [0.4, 0.5) is 10.2 Å². The summed E-state index contributed by atoms with van der Waals surface area (Å²) in [7, 11) is 0. The van der Waals surface area contributed by atoms with Gasteiger partial charge < -0.3 is 10.7 Å². The number of hydrogen-bond donors (Lipinski definition) is 2. The lowest BCUT2D eigenvalue weighted by atomic mass is 10.2. The third-order valence-electron chi connectivity index (χ3n) is 4.30. The summed E-state index contributed by atoms with van der Waals surface area (Å²) in [4.78, 5) is 20.2. The van der Waals surface area contributed by atoms with E-state index in [1.165, 1.54) is 12.4 Å². The van der Waals surface area contributed by atoms with E-state index in [2.05, 4.69) is 30.0 Å². The summed E-state index contributed by atoms with van der Waals surface area (Å²) in [5.74, 6) is 0.324. The summed E-state index contributed by atoms with van der Waals surface area (Å²) < 4.78 is 15.7. The lowest BCUT2D eigenvalue weighted by Crippen LogP contribution is -2.05. The van der Waals surface area contributed by atoms with Crippen molar-refractivity contribution in [3.63, 3.8) is 0 Å². The first-order valence-corrected chi connectivity index (χ1v) is 8.22. The third-order valence-corrected chi connectivity index (χ3v) is 4.30. The van der Waals surface area contributed by atoms with Gasteiger partial charge in [0, 0.05) is 11.8 Å². The molecule has 8 nitrogen and oxygen atoms in total. The molecule has 27 heavy (non-hydrogen) atoms. The van der Waals surface area contributed by atoms with Crippen LogP contribution in [0.3, 0.4) is 0 Å². The van der Waals surface area contributed by atoms with Crippen molar-refractivity contribution < 1.29 is 4.39 Å². The second kappa shape index (κ2) is 5.84. The number of anilines is 1. The molecule has 0 aliphatic heterocycles. The third kappa shape index (κ3) is 2.48. The highest BCUT2D eigenvalue weighted by Gasteiger charge is 2.18. The Kier molecular flexibility index (Phi) is 3.32. The van der Waals surface area contributed by atoms with Crippen LogP contribution in [-0.2, 0) is 6.54 Å². The normalized spacial score (nSPS) is 11.4. The highest BCUT2D eigenvalue weighted by Crippen LogP contribution is 2.27. The fourth-order valence-corrected chi connectivity index (χ4v) is 3.04. The van der Waals surface area contributed by atoms with Crippen LogP contribution < -0.4 is 5.73 Å². The Bertz CT molecular complexity index is 1290. The van der Waals surface area contributed by atoms with Gasteiger partial charge in [-0.3, -0.25) is 0 Å². The first-order valence-electron chi connectivity index (χ1n) is 8.22. The molecule has 132 valence electrons. The van der Waals surface area contributed by atoms with Crippen LogP contribution in [0.25, 0.3) is 33.7 Å². The maximum atomic E-state index is 14.1. The number of nitrogens with two attached hydrogens (primary N) is 1. The summed E-state index contributed by atoms with van der Waals surface area (Å²) in [6.45, 7) is 0.238. The van der Waals surface area contributed by atoms with E-state index < -0.39 is 0 Å². The topological polar surface area (TPSA) is 111 Å². The Labute approximate surface area is 151 Å². The van der Waals surface area contributed by atoms with E-state index in [1.54, 1.807) is 35.1 Å². The number of hydrogen-bond acceptors (Lipinski definition) is 6. The average molecular weight is 360 g/mol. The summed E-state index contributed by atoms with van der Waals surface area (Å²) in [5.41, 5.74) is 8.69. The molecule has 0 spiro atoms. The Hall–Kier alpha value is -3.88. The van der Waals surface area contributed by atoms with Crippen LogP contribution in [-0.4, -0.2) is 34.7 Å². The molecule has 4 aromatic heterocycles. The van der Waals surface area contributed by atoms with Gasteiger partial charge in [0.25, 0.3) is 0 Å². The number of nitrogens with one attached hydrogen (secondary N) is 1. The standard InChI is InChI=1S/C18H13FN8/c19-12-6-2-1-4-10(12)8-27-18-11(5-3-7-21-18)13(26-27)17-24-15(20)14-16(25-17)23-9-22-14/h1-7,9H,8H2,(H3,20,22,23,24,25). The molecule has 0 saturated heterocycles. The van der Waals surface area contributed by atoms with Crippen molar-refractivity contribution in [2.45, 2.75) is 6.54 Å². The van der Waals surface area contributed by atoms with E-state index >= 15 is 0 Å². The molecular weight excluding hydrogens is 347 g/mol. The number of aromatic amines is 1. The zero-order chi connectivity index (χ0) is 18.4. The van der Waals surface area contributed by atoms with Gasteiger partial charge in [-0.1, -0.05) is 18.2 Å². The number of imidazole rings is 1. The molecule has 0 radical (unpaired) electrons. The van der Waals surface area contributed by atoms with Crippen LogP contribution in [0.5, 0.6) is 0 Å². The lowest BCUT2D eigenvalue weighted by Gasteiger charge is -2.04. The number of nitrogens with zero attached hydrogens (tertiary/aromatic N) is 6. The van der Waals surface area contributed by atoms with Crippen molar-refractivity contribution in [1.29, 1.82) is 0 Å². The molecule has 3 N–H and O–H groups in total. The molecule has 0 aliphatic carbocycles. The number of pyridine rings is 1. The number of H-pyrrole nitrogens is 1. The molecule has 0 fully saturated rings. The summed E-state index contributed by atoms with van der Waals surface area (Å²) >= 11 is 0. The van der Waals surface area contributed by atoms with Crippen molar-refractivity contribution in [2.75, 3.05) is 5.73 Å². The average Bonchev–Trinajstić information content (AvgIpc) is 3.29. The number of nitrogen functional groups attached to an aromatic ring is 1. The minimum absolute atomic E-state index is 0.238. The molecule has 0 bridgehead atoms. The van der Waals surface area contributed by atoms with Gasteiger partial charge in [-0.2, -0.15) is 5.10 Å². The van der Waals surface area contributed by atoms with Gasteiger partial charge in [-0.05, 0) is 18.2 Å². The zero-order valence-electron chi connectivity index (χ0n) is 14.0. The molecule has 0 aliphatic rings. The first kappa shape index (κ1) is 15.4. The van der Waals surface area contributed by atoms with E-state index in [1.807, 2.05) is 6.07 Å². The lowest BCUT2D eigenvalue weighted by molar-refractivity contribution is 0.589. The van der Waals surface area contributed by atoms with Gasteiger partial charge in [-0.15, -0.1) is 0 Å². The van der Waals surface area contributed by atoms with Crippen LogP contribution in [0.1, 0.15) is 5.56 Å². The molecule has 0 unspecified atom stereocenters. The molecule has 0 saturated carbocycles. The maximum Gasteiger partial charge on any atom is 0.184 e. The zero-order valence-corrected chi connectivity index (χ0v) is 14.0. The van der Waals surface area contributed by atoms with E-state index in [0.29, 0.717) is 33.9 Å². The number of rotatable bonds is 3. The molecule has 5 aromatic rings. The maximum absolute atomic E-state index is 14.1. The SMILES string of the molecule is Nc1nc(-c2nn(Cc3ccccc3F)c3ncccc23)nc2[nH]cnc12. The Morgan fingerprint density at radius 3 is 2.85 bits per heavy atom. The molecule has 9 heteroatoms. The van der Waals surface area contributed by atoms with Crippen molar-refractivity contribution in [3.05, 3.63) is 60.3 Å². The highest BCUT2D eigenvalue weighted by molar-refractivity contribution is 5.91. The summed E-state index contributed by atoms with van der Waals surface area (Å²) in [5, 5.41) is 5.36. The molecule has 0 atom stereocenters. The molecule has 1 aromatic carbocycles. The number of aromatic nitrogens is 7. The molecule has 0 amide bonds. The predicted octanol–water partition coefficient (Wildman–Crippen LogP) is 2.53. The highest BCUT2D eigenvalue weighted by atomic mass is 19.1. The van der Waals surface area contributed by atoms with E-state index in [-0.39, 0.29) is 18.2 Å².